The number of ether oxygens (including phenoxy) is 1. The second kappa shape index (κ2) is 9.35. The topological polar surface area (TPSA) is 122 Å². The van der Waals surface area contributed by atoms with Crippen molar-refractivity contribution < 1.29 is 14.7 Å². The van der Waals surface area contributed by atoms with Gasteiger partial charge < -0.3 is 15.8 Å². The van der Waals surface area contributed by atoms with Crippen LogP contribution in [0, 0.1) is 0 Å². The molecule has 3 rings (SSSR count). The molecule has 0 unspecified atom stereocenters. The molecular weight excluding hydrogens is 438 g/mol. The molecule has 0 bridgehead atoms. The number of aromatic nitrogens is 2. The lowest BCUT2D eigenvalue weighted by Crippen LogP contribution is -2.20. The first-order valence-electron chi connectivity index (χ1n) is 8.84. The Bertz CT molecular complexity index is 1010. The number of nitrogens with zero attached hydrogens (tertiary/aromatic N) is 2. The standard InChI is InChI=1S/C20H20BrN5O3/c1-2-29-17-8-5-13(21)10-15(17)16-11-18(25-20(22)24-16)23-14-6-3-12(4-7-14)9-19(27)26-28/h3-8,10-11,28H,2,9H2,1H3,(H,26,27)(H3,22,23,24,25). The Morgan fingerprint density at radius 3 is 2.62 bits per heavy atom. The fourth-order valence-electron chi connectivity index (χ4n) is 2.73. The first kappa shape index (κ1) is 20.6. The number of anilines is 3. The molecule has 0 aliphatic rings. The summed E-state index contributed by atoms with van der Waals surface area (Å²) in [6.45, 7) is 2.45. The smallest absolute Gasteiger partial charge is 0.247 e. The number of halogens is 1. The molecule has 1 amide bonds. The molecule has 150 valence electrons. The molecule has 1 aromatic heterocycles. The lowest BCUT2D eigenvalue weighted by molar-refractivity contribution is -0.128. The fourth-order valence-corrected chi connectivity index (χ4v) is 3.09. The third kappa shape index (κ3) is 5.43. The molecule has 2 aromatic carbocycles. The quantitative estimate of drug-likeness (QED) is 0.315. The SMILES string of the molecule is CCOc1ccc(Br)cc1-c1cc(Nc2ccc(CC(=O)NO)cc2)nc(N)n1. The Labute approximate surface area is 176 Å². The summed E-state index contributed by atoms with van der Waals surface area (Å²) in [6.07, 6.45) is 0.0878. The average molecular weight is 458 g/mol. The number of nitrogen functional groups attached to an aromatic ring is 1. The number of hydroxylamine groups is 1. The van der Waals surface area contributed by atoms with Crippen LogP contribution < -0.4 is 21.3 Å². The van der Waals surface area contributed by atoms with Gasteiger partial charge in [-0.15, -0.1) is 0 Å². The highest BCUT2D eigenvalue weighted by atomic mass is 79.9. The highest BCUT2D eigenvalue weighted by molar-refractivity contribution is 9.10. The molecule has 5 N–H and O–H groups in total. The van der Waals surface area contributed by atoms with Crippen LogP contribution in [-0.2, 0) is 11.2 Å². The highest BCUT2D eigenvalue weighted by Gasteiger charge is 2.12. The zero-order valence-electron chi connectivity index (χ0n) is 15.6. The molecule has 3 aromatic rings. The molecule has 0 saturated heterocycles. The molecule has 0 saturated carbocycles. The summed E-state index contributed by atoms with van der Waals surface area (Å²) in [5, 5.41) is 11.8. The van der Waals surface area contributed by atoms with Crippen molar-refractivity contribution in [2.24, 2.45) is 0 Å². The normalized spacial score (nSPS) is 10.4. The number of hydrogen-bond acceptors (Lipinski definition) is 7. The van der Waals surface area contributed by atoms with Gasteiger partial charge in [-0.1, -0.05) is 28.1 Å². The molecule has 0 atom stereocenters. The predicted molar refractivity (Wildman–Crippen MR) is 114 cm³/mol. The maximum Gasteiger partial charge on any atom is 0.247 e. The third-order valence-electron chi connectivity index (χ3n) is 3.98. The number of nitrogens with one attached hydrogen (secondary N) is 2. The summed E-state index contributed by atoms with van der Waals surface area (Å²) in [5.41, 5.74) is 10.5. The van der Waals surface area contributed by atoms with Gasteiger partial charge >= 0.3 is 0 Å². The molecule has 0 aliphatic carbocycles. The molecular formula is C20H20BrN5O3. The molecule has 29 heavy (non-hydrogen) atoms. The summed E-state index contributed by atoms with van der Waals surface area (Å²) in [6, 6.07) is 14.7. The minimum absolute atomic E-state index is 0.0878. The largest absolute Gasteiger partial charge is 0.493 e. The van der Waals surface area contributed by atoms with E-state index in [9.17, 15) is 4.79 Å². The van der Waals surface area contributed by atoms with E-state index in [0.717, 1.165) is 21.3 Å². The van der Waals surface area contributed by atoms with Gasteiger partial charge in [0.25, 0.3) is 0 Å². The van der Waals surface area contributed by atoms with E-state index in [2.05, 4.69) is 31.2 Å². The second-order valence-corrected chi connectivity index (χ2v) is 7.02. The van der Waals surface area contributed by atoms with Gasteiger partial charge in [-0.25, -0.2) is 10.5 Å². The van der Waals surface area contributed by atoms with Crippen molar-refractivity contribution in [2.45, 2.75) is 13.3 Å². The zero-order chi connectivity index (χ0) is 20.8. The van der Waals surface area contributed by atoms with Gasteiger partial charge in [0.1, 0.15) is 11.6 Å². The fraction of sp³-hybridized carbons (Fsp3) is 0.150. The van der Waals surface area contributed by atoms with Crippen LogP contribution in [0.4, 0.5) is 17.5 Å². The van der Waals surface area contributed by atoms with Crippen LogP contribution in [-0.4, -0.2) is 27.7 Å². The van der Waals surface area contributed by atoms with Crippen LogP contribution >= 0.6 is 15.9 Å². The van der Waals surface area contributed by atoms with Gasteiger partial charge in [0.05, 0.1) is 18.7 Å². The summed E-state index contributed by atoms with van der Waals surface area (Å²) in [5.74, 6) is 0.878. The zero-order valence-corrected chi connectivity index (χ0v) is 17.2. The van der Waals surface area contributed by atoms with Gasteiger partial charge in [-0.2, -0.15) is 4.98 Å². The van der Waals surface area contributed by atoms with Crippen LogP contribution in [0.15, 0.2) is 53.0 Å². The van der Waals surface area contributed by atoms with Gasteiger partial charge in [-0.3, -0.25) is 10.0 Å². The van der Waals surface area contributed by atoms with Gasteiger partial charge in [0.2, 0.25) is 11.9 Å². The van der Waals surface area contributed by atoms with Crippen LogP contribution in [0.3, 0.4) is 0 Å². The van der Waals surface area contributed by atoms with Crippen molar-refractivity contribution in [1.82, 2.24) is 15.4 Å². The van der Waals surface area contributed by atoms with Gasteiger partial charge in [-0.05, 0) is 42.8 Å². The molecule has 1 heterocycles. The van der Waals surface area contributed by atoms with Crippen LogP contribution in [0.25, 0.3) is 11.3 Å². The van der Waals surface area contributed by atoms with Gasteiger partial charge in [0, 0.05) is 21.8 Å². The van der Waals surface area contributed by atoms with Crippen LogP contribution in [0.1, 0.15) is 12.5 Å². The van der Waals surface area contributed by atoms with Gasteiger partial charge in [0.15, 0.2) is 0 Å². The number of rotatable bonds is 7. The number of carbonyl (C=O) groups excluding carboxylic acids is 1. The van der Waals surface area contributed by atoms with E-state index < -0.39 is 5.91 Å². The maximum atomic E-state index is 11.2. The Morgan fingerprint density at radius 2 is 1.93 bits per heavy atom. The molecule has 0 spiro atoms. The summed E-state index contributed by atoms with van der Waals surface area (Å²) in [4.78, 5) is 19.8. The Balaban J connectivity index is 1.87. The third-order valence-corrected chi connectivity index (χ3v) is 4.47. The maximum absolute atomic E-state index is 11.2. The Morgan fingerprint density at radius 1 is 1.17 bits per heavy atom. The number of carbonyl (C=O) groups is 1. The molecule has 0 fully saturated rings. The van der Waals surface area contributed by atoms with E-state index in [1.165, 1.54) is 0 Å². The first-order valence-corrected chi connectivity index (χ1v) is 9.64. The second-order valence-electron chi connectivity index (χ2n) is 6.10. The first-order chi connectivity index (χ1) is 14.0. The Kier molecular flexibility index (Phi) is 6.63. The van der Waals surface area contributed by atoms with E-state index in [0.29, 0.717) is 23.9 Å². The lowest BCUT2D eigenvalue weighted by Gasteiger charge is -2.13. The summed E-state index contributed by atoms with van der Waals surface area (Å²) >= 11 is 3.47. The number of amides is 1. The van der Waals surface area contributed by atoms with E-state index >= 15 is 0 Å². The molecule has 9 heteroatoms. The van der Waals surface area contributed by atoms with Crippen molar-refractivity contribution in [3.63, 3.8) is 0 Å². The minimum Gasteiger partial charge on any atom is -0.493 e. The van der Waals surface area contributed by atoms with E-state index in [1.807, 2.05) is 37.3 Å². The van der Waals surface area contributed by atoms with E-state index in [4.69, 9.17) is 15.7 Å². The molecule has 0 aliphatic heterocycles. The van der Waals surface area contributed by atoms with Crippen LogP contribution in [0.2, 0.25) is 0 Å². The average Bonchev–Trinajstić information content (AvgIpc) is 2.70. The number of nitrogens with two attached hydrogens (primary N) is 1. The summed E-state index contributed by atoms with van der Waals surface area (Å²) < 4.78 is 6.60. The molecule has 0 radical (unpaired) electrons. The van der Waals surface area contributed by atoms with E-state index in [1.54, 1.807) is 23.7 Å². The van der Waals surface area contributed by atoms with Crippen LogP contribution in [0.5, 0.6) is 5.75 Å². The Hall–Kier alpha value is -3.17. The van der Waals surface area contributed by atoms with Crippen molar-refractivity contribution in [3.05, 3.63) is 58.6 Å². The number of hydrogen-bond donors (Lipinski definition) is 4. The van der Waals surface area contributed by atoms with Crippen molar-refractivity contribution >= 4 is 39.3 Å². The molecule has 8 nitrogen and oxygen atoms in total. The van der Waals surface area contributed by atoms with Crippen molar-refractivity contribution in [1.29, 1.82) is 0 Å². The monoisotopic (exact) mass is 457 g/mol. The van der Waals surface area contributed by atoms with Crippen molar-refractivity contribution in [2.75, 3.05) is 17.7 Å². The minimum atomic E-state index is -0.474. The van der Waals surface area contributed by atoms with Crippen molar-refractivity contribution in [3.8, 4) is 17.0 Å². The highest BCUT2D eigenvalue weighted by Crippen LogP contribution is 2.33. The summed E-state index contributed by atoms with van der Waals surface area (Å²) in [7, 11) is 0. The lowest BCUT2D eigenvalue weighted by atomic mass is 10.1. The van der Waals surface area contributed by atoms with E-state index in [-0.39, 0.29) is 12.4 Å². The predicted octanol–water partition coefficient (Wildman–Crippen LogP) is 3.68. The number of benzene rings is 2.